The maximum Gasteiger partial charge on any atom is -1.00 e. The number of carbonyl (C=O) groups excluding carboxylic acids is 1. The van der Waals surface area contributed by atoms with E-state index in [1.165, 1.54) is 11.1 Å². The van der Waals surface area contributed by atoms with Gasteiger partial charge in [-0.05, 0) is 0 Å². The van der Waals surface area contributed by atoms with Crippen molar-refractivity contribution in [1.29, 1.82) is 0 Å². The maximum absolute atomic E-state index is 12.6. The van der Waals surface area contributed by atoms with Crippen LogP contribution >= 0.6 is 0 Å². The Hall–Kier alpha value is -0.590. The first kappa shape index (κ1) is 26.4. The van der Waals surface area contributed by atoms with Crippen molar-refractivity contribution in [1.82, 2.24) is 0 Å². The molecule has 1 aromatic carbocycles. The predicted molar refractivity (Wildman–Crippen MR) is 116 cm³/mol. The predicted octanol–water partition coefficient (Wildman–Crippen LogP) is -0.522. The molecule has 2 rings (SSSR count). The molecule has 0 fully saturated rings. The van der Waals surface area contributed by atoms with Crippen LogP contribution in [0.15, 0.2) is 54.3 Å². The molecule has 1 amide bonds. The topological polar surface area (TPSA) is 40.0 Å². The standard InChI is InChI=1S/C23H32NO3.ClH.In.2H/c1-4-10-21(26-2)22(27-3)14-9-8-11-19-15-16-24(23(25)17-19)18-20-12-6-5-7-13-20;;;;/h5-8,11-13,15-16,21-22H,4,9-10,14,17-18H2,1-3H3;1H;;;. The van der Waals surface area contributed by atoms with Crippen LogP contribution in [-0.4, -0.2) is 56.7 Å². The molecule has 1 heterocycles. The summed E-state index contributed by atoms with van der Waals surface area (Å²) in [6.45, 7) is 2.90. The summed E-state index contributed by atoms with van der Waals surface area (Å²) in [7, 11) is 3.56. The van der Waals surface area contributed by atoms with E-state index in [1.54, 1.807) is 14.2 Å². The number of amides is 1. The fourth-order valence-corrected chi connectivity index (χ4v) is 5.99. The zero-order chi connectivity index (χ0) is 20.4. The summed E-state index contributed by atoms with van der Waals surface area (Å²) >= 11 is 0.493. The monoisotopic (exact) mass is 523 g/mol. The minimum Gasteiger partial charge on any atom is -1.00 e. The van der Waals surface area contributed by atoms with Gasteiger partial charge in [0, 0.05) is 0 Å². The van der Waals surface area contributed by atoms with Crippen molar-refractivity contribution >= 4 is 30.3 Å². The van der Waals surface area contributed by atoms with Gasteiger partial charge in [-0.2, -0.15) is 0 Å². The van der Waals surface area contributed by atoms with Crippen LogP contribution in [0.2, 0.25) is 3.67 Å². The van der Waals surface area contributed by atoms with E-state index >= 15 is 0 Å². The second kappa shape index (κ2) is 14.4. The molecule has 0 aromatic heterocycles. The zero-order valence-electron chi connectivity index (χ0n) is 18.2. The fourth-order valence-electron chi connectivity index (χ4n) is 3.82. The Kier molecular flexibility index (Phi) is 13.2. The largest absolute Gasteiger partial charge is 1.00 e. The molecule has 1 N–H and O–H groups in total. The van der Waals surface area contributed by atoms with E-state index in [0.717, 1.165) is 37.1 Å². The third-order valence-corrected chi connectivity index (χ3v) is 8.06. The fraction of sp³-hybridized carbons (Fsp3) is 0.522. The van der Waals surface area contributed by atoms with E-state index in [9.17, 15) is 4.79 Å². The van der Waals surface area contributed by atoms with Gasteiger partial charge in [-0.15, -0.1) is 0 Å². The molecule has 4 nitrogen and oxygen atoms in total. The molecule has 0 radical (unpaired) electrons. The molecule has 4 atom stereocenters. The normalized spacial score (nSPS) is 20.9. The summed E-state index contributed by atoms with van der Waals surface area (Å²) in [5, 5.41) is 0. The Morgan fingerprint density at radius 2 is 1.76 bits per heavy atom. The molecule has 0 aliphatic carbocycles. The molecule has 0 saturated heterocycles. The number of methoxy groups -OCH3 is 2. The number of hydrogen-bond acceptors (Lipinski definition) is 3. The molecule has 6 heteroatoms. The van der Waals surface area contributed by atoms with Crippen molar-refractivity contribution in [2.75, 3.05) is 14.2 Å². The van der Waals surface area contributed by atoms with E-state index in [4.69, 9.17) is 9.47 Å². The van der Waals surface area contributed by atoms with Crippen LogP contribution in [0.3, 0.4) is 0 Å². The molecular weight excluding hydrogens is 489 g/mol. The van der Waals surface area contributed by atoms with Gasteiger partial charge in [-0.25, -0.2) is 0 Å². The van der Waals surface area contributed by atoms with E-state index in [0.29, 0.717) is 34.5 Å². The number of carbonyl (C=O) groups is 1. The summed E-state index contributed by atoms with van der Waals surface area (Å²) in [5.74, 6) is 0.261. The number of quaternary nitrogens is 1. The van der Waals surface area contributed by atoms with Gasteiger partial charge in [0.05, 0.1) is 0 Å². The average Bonchev–Trinajstić information content (AvgIpc) is 2.70. The van der Waals surface area contributed by atoms with E-state index in [-0.39, 0.29) is 30.5 Å². The Balaban J connectivity index is 0.00000420. The Morgan fingerprint density at radius 3 is 2.34 bits per heavy atom. The van der Waals surface area contributed by atoms with Crippen LogP contribution in [0.4, 0.5) is 0 Å². The molecule has 0 bridgehead atoms. The molecule has 4 unspecified atom stereocenters. The number of halogens is 1. The van der Waals surface area contributed by atoms with Gasteiger partial charge >= 0.3 is 185 Å². The Bertz CT molecular complexity index is 665. The summed E-state index contributed by atoms with van der Waals surface area (Å²) in [6.07, 6.45) is 11.6. The van der Waals surface area contributed by atoms with Gasteiger partial charge in [-0.1, -0.05) is 0 Å². The summed E-state index contributed by atoms with van der Waals surface area (Å²) < 4.78 is 11.9. The van der Waals surface area contributed by atoms with E-state index in [1.807, 2.05) is 24.4 Å². The van der Waals surface area contributed by atoms with Crippen molar-refractivity contribution in [2.24, 2.45) is 0 Å². The Morgan fingerprint density at radius 1 is 1.10 bits per heavy atom. The van der Waals surface area contributed by atoms with Crippen LogP contribution in [0.5, 0.6) is 0 Å². The first-order chi connectivity index (χ1) is 13.6. The SMILES string of the molecule is CCCC(OC)C(CC[CH]([InH2])C=C1C=C[NH+](Cc2ccccc2)C(=O)C1)OC.[Cl-]. The molecule has 0 spiro atoms. The van der Waals surface area contributed by atoms with Crippen molar-refractivity contribution in [2.45, 2.75) is 61.5 Å². The van der Waals surface area contributed by atoms with E-state index < -0.39 is 0 Å². The molecule has 0 saturated carbocycles. The summed E-state index contributed by atoms with van der Waals surface area (Å²) in [6, 6.07) is 10.2. The van der Waals surface area contributed by atoms with E-state index in [2.05, 4.69) is 31.2 Å². The smallest absolute Gasteiger partial charge is 1.00 e. The summed E-state index contributed by atoms with van der Waals surface area (Å²) in [5.41, 5.74) is 2.37. The third kappa shape index (κ3) is 8.97. The van der Waals surface area contributed by atoms with Gasteiger partial charge < -0.3 is 12.4 Å². The van der Waals surface area contributed by atoms with Crippen LogP contribution in [0.1, 0.15) is 44.6 Å². The molecule has 1 aliphatic heterocycles. The number of ether oxygens (including phenoxy) is 2. The second-order valence-corrected chi connectivity index (χ2v) is 12.0. The molecular formula is C23H35ClInNO3. The van der Waals surface area contributed by atoms with Gasteiger partial charge in [0.25, 0.3) is 0 Å². The first-order valence-corrected chi connectivity index (χ1v) is 13.7. The van der Waals surface area contributed by atoms with Crippen LogP contribution in [-0.2, 0) is 20.8 Å². The molecule has 29 heavy (non-hydrogen) atoms. The van der Waals surface area contributed by atoms with Gasteiger partial charge in [-0.3, -0.25) is 0 Å². The van der Waals surface area contributed by atoms with Crippen molar-refractivity contribution in [3.8, 4) is 0 Å². The number of allylic oxidation sites excluding steroid dienone is 2. The van der Waals surface area contributed by atoms with Crippen LogP contribution < -0.4 is 17.3 Å². The van der Waals surface area contributed by atoms with Crippen molar-refractivity contribution in [3.05, 3.63) is 59.8 Å². The molecule has 160 valence electrons. The maximum atomic E-state index is 12.6. The zero-order valence-corrected chi connectivity index (χ0v) is 24.7. The van der Waals surface area contributed by atoms with Crippen molar-refractivity contribution < 1.29 is 31.6 Å². The molecule has 1 aliphatic rings. The second-order valence-electron chi connectivity index (χ2n) is 7.75. The minimum absolute atomic E-state index is 0. The van der Waals surface area contributed by atoms with Gasteiger partial charge in [0.15, 0.2) is 0 Å². The minimum atomic E-state index is 0. The van der Waals surface area contributed by atoms with Crippen LogP contribution in [0, 0.1) is 0 Å². The number of benzene rings is 1. The number of rotatable bonds is 11. The number of hydrogen-bond donors (Lipinski definition) is 1. The summed E-state index contributed by atoms with van der Waals surface area (Å²) in [4.78, 5) is 13.5. The van der Waals surface area contributed by atoms with Gasteiger partial charge in [0.1, 0.15) is 0 Å². The van der Waals surface area contributed by atoms with Crippen LogP contribution in [0.25, 0.3) is 0 Å². The van der Waals surface area contributed by atoms with Gasteiger partial charge in [0.2, 0.25) is 0 Å². The third-order valence-electron chi connectivity index (χ3n) is 5.46. The quantitative estimate of drug-likeness (QED) is 0.424. The Labute approximate surface area is 196 Å². The first-order valence-electron chi connectivity index (χ1n) is 10.4. The van der Waals surface area contributed by atoms with Crippen molar-refractivity contribution in [3.63, 3.8) is 0 Å². The number of nitrogens with one attached hydrogen (secondary N) is 1. The average molecular weight is 524 g/mol. The molecule has 1 aromatic rings.